The second-order valence-corrected chi connectivity index (χ2v) is 9.06. The van der Waals surface area contributed by atoms with E-state index in [9.17, 15) is 14.7 Å². The van der Waals surface area contributed by atoms with E-state index in [1.807, 2.05) is 0 Å². The number of rotatable bonds is 8. The van der Waals surface area contributed by atoms with Crippen molar-refractivity contribution in [2.45, 2.75) is 26.4 Å². The van der Waals surface area contributed by atoms with E-state index >= 15 is 0 Å². The van der Waals surface area contributed by atoms with Gasteiger partial charge in [-0.2, -0.15) is 0 Å². The van der Waals surface area contributed by atoms with Gasteiger partial charge in [0.1, 0.15) is 0 Å². The van der Waals surface area contributed by atoms with Gasteiger partial charge in [0.25, 0.3) is 5.91 Å². The number of pyridine rings is 1. The van der Waals surface area contributed by atoms with Gasteiger partial charge in [-0.1, -0.05) is 6.07 Å². The van der Waals surface area contributed by atoms with E-state index in [0.717, 1.165) is 0 Å². The number of aromatic nitrogens is 2. The quantitative estimate of drug-likeness (QED) is 0.468. The van der Waals surface area contributed by atoms with Gasteiger partial charge in [0.05, 0.1) is 60.8 Å². The molecular weight excluding hydrogens is 470 g/mol. The van der Waals surface area contributed by atoms with E-state index in [1.54, 1.807) is 50.4 Å². The van der Waals surface area contributed by atoms with Crippen molar-refractivity contribution in [2.24, 2.45) is 0 Å². The lowest BCUT2D eigenvalue weighted by Crippen LogP contribution is -2.31. The number of carbonyl (C=O) groups excluding carboxylic acids is 2. The maximum absolute atomic E-state index is 13.7. The molecule has 0 saturated carbocycles. The number of aryl methyl sites for hydroxylation is 2. The van der Waals surface area contributed by atoms with Gasteiger partial charge in [0, 0.05) is 6.20 Å². The summed E-state index contributed by atoms with van der Waals surface area (Å²) in [6.07, 6.45) is 1.62. The lowest BCUT2D eigenvalue weighted by Gasteiger charge is -2.27. The average Bonchev–Trinajstić information content (AvgIpc) is 3.33. The number of methoxy groups -OCH3 is 3. The van der Waals surface area contributed by atoms with Gasteiger partial charge in [0.15, 0.2) is 17.3 Å². The van der Waals surface area contributed by atoms with Gasteiger partial charge < -0.3 is 24.2 Å². The van der Waals surface area contributed by atoms with E-state index in [0.29, 0.717) is 44.1 Å². The van der Waals surface area contributed by atoms with Crippen molar-refractivity contribution < 1.29 is 28.9 Å². The first-order valence-corrected chi connectivity index (χ1v) is 11.5. The van der Waals surface area contributed by atoms with Gasteiger partial charge in [-0.25, -0.2) is 4.98 Å². The molecule has 0 saturated heterocycles. The Kier molecular flexibility index (Phi) is 6.74. The first kappa shape index (κ1) is 24.2. The zero-order valence-corrected chi connectivity index (χ0v) is 20.8. The molecule has 0 spiro atoms. The molecule has 1 amide bonds. The second kappa shape index (κ2) is 9.75. The predicted molar refractivity (Wildman–Crippen MR) is 129 cm³/mol. The molecule has 1 aromatic carbocycles. The van der Waals surface area contributed by atoms with Gasteiger partial charge in [-0.3, -0.25) is 14.6 Å². The van der Waals surface area contributed by atoms with Crippen molar-refractivity contribution >= 4 is 23.0 Å². The Hall–Kier alpha value is -3.92. The topological polar surface area (TPSA) is 111 Å². The fourth-order valence-electron chi connectivity index (χ4n) is 4.18. The van der Waals surface area contributed by atoms with Crippen LogP contribution in [0.4, 0.5) is 0 Å². The number of aliphatic hydroxyl groups excluding tert-OH is 1. The third kappa shape index (κ3) is 4.32. The summed E-state index contributed by atoms with van der Waals surface area (Å²) in [5, 5.41) is 11.7. The molecule has 2 aromatic heterocycles. The lowest BCUT2D eigenvalue weighted by molar-refractivity contribution is -0.130. The summed E-state index contributed by atoms with van der Waals surface area (Å²) in [5.74, 6) is -0.646. The highest BCUT2D eigenvalue weighted by atomic mass is 32.1. The van der Waals surface area contributed by atoms with Crippen LogP contribution < -0.4 is 14.2 Å². The fraction of sp³-hybridized carbons (Fsp3) is 0.280. The van der Waals surface area contributed by atoms with Crippen molar-refractivity contribution in [3.8, 4) is 17.2 Å². The van der Waals surface area contributed by atoms with Crippen molar-refractivity contribution in [1.82, 2.24) is 14.9 Å². The summed E-state index contributed by atoms with van der Waals surface area (Å²) >= 11 is 1.22. The monoisotopic (exact) mass is 495 g/mol. The minimum absolute atomic E-state index is 0.0352. The van der Waals surface area contributed by atoms with Crippen LogP contribution in [0.1, 0.15) is 37.7 Å². The number of aliphatic hydroxyl groups is 1. The number of ketones is 1. The van der Waals surface area contributed by atoms with Crippen LogP contribution in [0.3, 0.4) is 0 Å². The Balaban J connectivity index is 1.90. The fourth-order valence-corrected chi connectivity index (χ4v) is 5.06. The standard InChI is InChI=1S/C25H25N3O6S/c1-13-24(35-14(2)27-13)21(29)19-20(15-10-17(32-3)23(34-5)18(11-15)33-4)28(25(31)22(19)30)12-16-8-6-7-9-26-16/h6-11,20,30H,12H2,1-5H3. The van der Waals surface area contributed by atoms with Crippen LogP contribution in [-0.4, -0.2) is 53.0 Å². The number of carbonyl (C=O) groups is 2. The highest BCUT2D eigenvalue weighted by molar-refractivity contribution is 7.14. The zero-order valence-electron chi connectivity index (χ0n) is 20.0. The van der Waals surface area contributed by atoms with Crippen molar-refractivity contribution in [1.29, 1.82) is 0 Å². The second-order valence-electron chi connectivity index (χ2n) is 7.85. The molecule has 3 aromatic rings. The third-order valence-electron chi connectivity index (χ3n) is 5.72. The predicted octanol–water partition coefficient (Wildman–Crippen LogP) is 3.96. The molecule has 182 valence electrons. The van der Waals surface area contributed by atoms with Crippen molar-refractivity contribution in [2.75, 3.05) is 21.3 Å². The molecule has 1 unspecified atom stereocenters. The average molecular weight is 496 g/mol. The lowest BCUT2D eigenvalue weighted by atomic mass is 9.94. The molecule has 1 N–H and O–H groups in total. The molecule has 0 aliphatic carbocycles. The molecule has 1 aliphatic rings. The molecule has 10 heteroatoms. The van der Waals surface area contributed by atoms with Crippen LogP contribution >= 0.6 is 11.3 Å². The number of nitrogens with zero attached hydrogens (tertiary/aromatic N) is 3. The summed E-state index contributed by atoms with van der Waals surface area (Å²) in [4.78, 5) is 37.5. The van der Waals surface area contributed by atoms with E-state index in [1.165, 1.54) is 37.6 Å². The normalized spacial score (nSPS) is 15.5. The summed E-state index contributed by atoms with van der Waals surface area (Å²) in [6, 6.07) is 7.76. The van der Waals surface area contributed by atoms with Crippen LogP contribution in [0, 0.1) is 13.8 Å². The maximum Gasteiger partial charge on any atom is 0.290 e. The van der Waals surface area contributed by atoms with Gasteiger partial charge in [-0.05, 0) is 43.7 Å². The summed E-state index contributed by atoms with van der Waals surface area (Å²) < 4.78 is 16.4. The number of Topliss-reactive ketones (excluding diaryl/α,β-unsaturated/α-hetero) is 1. The van der Waals surface area contributed by atoms with Crippen LogP contribution in [0.5, 0.6) is 17.2 Å². The first-order valence-electron chi connectivity index (χ1n) is 10.7. The molecule has 0 fully saturated rings. The van der Waals surface area contributed by atoms with Gasteiger partial charge >= 0.3 is 0 Å². The van der Waals surface area contributed by atoms with E-state index in [2.05, 4.69) is 9.97 Å². The summed E-state index contributed by atoms with van der Waals surface area (Å²) in [5.41, 5.74) is 1.61. The van der Waals surface area contributed by atoms with Crippen LogP contribution in [0.25, 0.3) is 0 Å². The largest absolute Gasteiger partial charge is 0.503 e. The van der Waals surface area contributed by atoms with Crippen LogP contribution in [0.15, 0.2) is 47.9 Å². The minimum atomic E-state index is -0.924. The van der Waals surface area contributed by atoms with Gasteiger partial charge in [0.2, 0.25) is 11.5 Å². The highest BCUT2D eigenvalue weighted by Crippen LogP contribution is 2.46. The van der Waals surface area contributed by atoms with Crippen LogP contribution in [0.2, 0.25) is 0 Å². The number of ether oxygens (including phenoxy) is 3. The Bertz CT molecular complexity index is 1290. The first-order chi connectivity index (χ1) is 16.8. The Morgan fingerprint density at radius 2 is 1.80 bits per heavy atom. The van der Waals surface area contributed by atoms with E-state index in [-0.39, 0.29) is 12.1 Å². The molecule has 35 heavy (non-hydrogen) atoms. The number of amides is 1. The van der Waals surface area contributed by atoms with Crippen molar-refractivity contribution in [3.05, 3.63) is 74.7 Å². The Morgan fingerprint density at radius 3 is 2.31 bits per heavy atom. The molecule has 1 atom stereocenters. The minimum Gasteiger partial charge on any atom is -0.503 e. The number of thiazole rings is 1. The molecule has 4 rings (SSSR count). The molecular formula is C25H25N3O6S. The molecule has 1 aliphatic heterocycles. The molecule has 0 bridgehead atoms. The number of hydrogen-bond donors (Lipinski definition) is 1. The Morgan fingerprint density at radius 1 is 1.11 bits per heavy atom. The molecule has 0 radical (unpaired) electrons. The molecule has 3 heterocycles. The number of benzene rings is 1. The summed E-state index contributed by atoms with van der Waals surface area (Å²) in [6.45, 7) is 3.60. The SMILES string of the molecule is COc1cc(C2C(C(=O)c3sc(C)nc3C)=C(O)C(=O)N2Cc2ccccn2)cc(OC)c1OC. The van der Waals surface area contributed by atoms with Gasteiger partial charge in [-0.15, -0.1) is 11.3 Å². The smallest absolute Gasteiger partial charge is 0.290 e. The molecule has 9 nitrogen and oxygen atoms in total. The maximum atomic E-state index is 13.7. The Labute approximate surface area is 206 Å². The van der Waals surface area contributed by atoms with Crippen LogP contribution in [-0.2, 0) is 11.3 Å². The third-order valence-corrected chi connectivity index (χ3v) is 6.79. The summed E-state index contributed by atoms with van der Waals surface area (Å²) in [7, 11) is 4.45. The number of hydrogen-bond acceptors (Lipinski definition) is 9. The highest BCUT2D eigenvalue weighted by Gasteiger charge is 2.45. The van der Waals surface area contributed by atoms with Crippen molar-refractivity contribution in [3.63, 3.8) is 0 Å². The van der Waals surface area contributed by atoms with E-state index in [4.69, 9.17) is 14.2 Å². The zero-order chi connectivity index (χ0) is 25.3. The van der Waals surface area contributed by atoms with E-state index < -0.39 is 23.5 Å².